The number of rotatable bonds is 5. The molecule has 27 heavy (non-hydrogen) atoms. The maximum absolute atomic E-state index is 13.0. The molecule has 0 bridgehead atoms. The van der Waals surface area contributed by atoms with Gasteiger partial charge in [-0.25, -0.2) is 8.42 Å². The van der Waals surface area contributed by atoms with Gasteiger partial charge < -0.3 is 9.47 Å². The first-order valence-corrected chi connectivity index (χ1v) is 10.0. The summed E-state index contributed by atoms with van der Waals surface area (Å²) in [5, 5.41) is -0.197. The van der Waals surface area contributed by atoms with E-state index in [1.54, 1.807) is 6.92 Å². The van der Waals surface area contributed by atoms with Crippen LogP contribution in [0.2, 0.25) is 5.02 Å². The van der Waals surface area contributed by atoms with Gasteiger partial charge >= 0.3 is 6.61 Å². The number of sulfonamides is 1. The van der Waals surface area contributed by atoms with E-state index >= 15 is 0 Å². The standard InChI is InChI=1S/C18H18ClF2NO4S/c1-12-10-22(11-17(25-12)13-5-3-2-4-6-13)27(23,24)14-7-8-16(15(19)9-14)26-18(20)21/h2-9,12,17-18H,10-11H2,1H3/t12-,17+/m1/s1. The Bertz CT molecular complexity index is 895. The van der Waals surface area contributed by atoms with Crippen LogP contribution >= 0.6 is 11.6 Å². The second kappa shape index (κ2) is 8.10. The van der Waals surface area contributed by atoms with Crippen LogP contribution in [-0.4, -0.2) is 38.5 Å². The molecule has 1 aliphatic heterocycles. The molecule has 0 radical (unpaired) electrons. The van der Waals surface area contributed by atoms with Gasteiger partial charge in [0.2, 0.25) is 10.0 Å². The van der Waals surface area contributed by atoms with Gasteiger partial charge in [0.05, 0.1) is 22.1 Å². The lowest BCUT2D eigenvalue weighted by atomic mass is 10.1. The topological polar surface area (TPSA) is 55.8 Å². The van der Waals surface area contributed by atoms with Gasteiger partial charge in [-0.15, -0.1) is 0 Å². The maximum Gasteiger partial charge on any atom is 0.387 e. The molecule has 0 aliphatic carbocycles. The summed E-state index contributed by atoms with van der Waals surface area (Å²) in [5.41, 5.74) is 0.878. The van der Waals surface area contributed by atoms with Gasteiger partial charge in [-0.2, -0.15) is 13.1 Å². The molecular weight excluding hydrogens is 400 g/mol. The highest BCUT2D eigenvalue weighted by molar-refractivity contribution is 7.89. The second-order valence-corrected chi connectivity index (χ2v) is 8.48. The van der Waals surface area contributed by atoms with Crippen molar-refractivity contribution in [1.82, 2.24) is 4.31 Å². The minimum absolute atomic E-state index is 0.0879. The summed E-state index contributed by atoms with van der Waals surface area (Å²) < 4.78 is 62.2. The van der Waals surface area contributed by atoms with E-state index in [0.717, 1.165) is 17.7 Å². The molecule has 0 unspecified atom stereocenters. The van der Waals surface area contributed by atoms with E-state index in [9.17, 15) is 17.2 Å². The van der Waals surface area contributed by atoms with E-state index in [2.05, 4.69) is 4.74 Å². The Morgan fingerprint density at radius 2 is 1.89 bits per heavy atom. The van der Waals surface area contributed by atoms with Crippen molar-refractivity contribution in [2.75, 3.05) is 13.1 Å². The minimum atomic E-state index is -3.88. The zero-order valence-corrected chi connectivity index (χ0v) is 16.0. The summed E-state index contributed by atoms with van der Waals surface area (Å²) in [4.78, 5) is -0.0879. The molecule has 0 N–H and O–H groups in total. The lowest BCUT2D eigenvalue weighted by Gasteiger charge is -2.36. The fourth-order valence-electron chi connectivity index (χ4n) is 2.94. The highest BCUT2D eigenvalue weighted by atomic mass is 35.5. The van der Waals surface area contributed by atoms with Gasteiger partial charge in [0.25, 0.3) is 0 Å². The lowest BCUT2D eigenvalue weighted by Crippen LogP contribution is -2.45. The zero-order valence-electron chi connectivity index (χ0n) is 14.4. The van der Waals surface area contributed by atoms with Crippen LogP contribution in [-0.2, 0) is 14.8 Å². The van der Waals surface area contributed by atoms with Crippen molar-refractivity contribution in [3.8, 4) is 5.75 Å². The molecule has 0 aromatic heterocycles. The molecule has 0 spiro atoms. The Balaban J connectivity index is 1.86. The predicted molar refractivity (Wildman–Crippen MR) is 96.6 cm³/mol. The highest BCUT2D eigenvalue weighted by Gasteiger charge is 2.34. The molecule has 1 heterocycles. The molecule has 9 heteroatoms. The van der Waals surface area contributed by atoms with Crippen molar-refractivity contribution < 1.29 is 26.7 Å². The first kappa shape index (κ1) is 20.0. The fraction of sp³-hybridized carbons (Fsp3) is 0.333. The number of benzene rings is 2. The average Bonchev–Trinajstić information content (AvgIpc) is 2.63. The molecule has 5 nitrogen and oxygen atoms in total. The molecule has 146 valence electrons. The summed E-state index contributed by atoms with van der Waals surface area (Å²) in [5.74, 6) is -0.275. The van der Waals surface area contributed by atoms with Gasteiger partial charge in [0.1, 0.15) is 5.75 Å². The number of hydrogen-bond acceptors (Lipinski definition) is 4. The van der Waals surface area contributed by atoms with Crippen molar-refractivity contribution >= 4 is 21.6 Å². The number of hydrogen-bond donors (Lipinski definition) is 0. The van der Waals surface area contributed by atoms with E-state index in [1.165, 1.54) is 10.4 Å². The number of nitrogens with zero attached hydrogens (tertiary/aromatic N) is 1. The molecule has 2 aromatic carbocycles. The van der Waals surface area contributed by atoms with Crippen LogP contribution in [0.1, 0.15) is 18.6 Å². The molecule has 2 aromatic rings. The molecular formula is C18H18ClF2NO4S. The Hall–Kier alpha value is -1.74. The van der Waals surface area contributed by atoms with E-state index in [0.29, 0.717) is 0 Å². The zero-order chi connectivity index (χ0) is 19.6. The Morgan fingerprint density at radius 3 is 2.52 bits per heavy atom. The third kappa shape index (κ3) is 4.57. The smallest absolute Gasteiger partial charge is 0.387 e. The van der Waals surface area contributed by atoms with E-state index < -0.39 is 22.7 Å². The summed E-state index contributed by atoms with van der Waals surface area (Å²) in [6.07, 6.45) is -0.711. The number of halogens is 3. The van der Waals surface area contributed by atoms with Crippen LogP contribution in [0.4, 0.5) is 8.78 Å². The maximum atomic E-state index is 13.0. The molecule has 3 rings (SSSR count). The number of alkyl halides is 2. The minimum Gasteiger partial charge on any atom is -0.433 e. The Kier molecular flexibility index (Phi) is 6.00. The molecule has 1 saturated heterocycles. The van der Waals surface area contributed by atoms with Crippen molar-refractivity contribution in [2.24, 2.45) is 0 Å². The molecule has 1 aliphatic rings. The van der Waals surface area contributed by atoms with E-state index in [-0.39, 0.29) is 34.9 Å². The third-order valence-corrected chi connectivity index (χ3v) is 6.28. The summed E-state index contributed by atoms with van der Waals surface area (Å²) in [6, 6.07) is 12.8. The predicted octanol–water partition coefficient (Wildman–Crippen LogP) is 4.09. The van der Waals surface area contributed by atoms with Crippen molar-refractivity contribution in [3.63, 3.8) is 0 Å². The highest BCUT2D eigenvalue weighted by Crippen LogP contribution is 2.32. The number of morpholine rings is 1. The largest absolute Gasteiger partial charge is 0.433 e. The summed E-state index contributed by atoms with van der Waals surface area (Å²) in [7, 11) is -3.88. The van der Waals surface area contributed by atoms with Crippen LogP contribution < -0.4 is 4.74 Å². The average molecular weight is 418 g/mol. The van der Waals surface area contributed by atoms with E-state index in [1.807, 2.05) is 30.3 Å². The van der Waals surface area contributed by atoms with Crippen molar-refractivity contribution in [2.45, 2.75) is 30.6 Å². The van der Waals surface area contributed by atoms with E-state index in [4.69, 9.17) is 16.3 Å². The van der Waals surface area contributed by atoms with Crippen LogP contribution in [0.15, 0.2) is 53.4 Å². The van der Waals surface area contributed by atoms with Gasteiger partial charge in [-0.05, 0) is 30.7 Å². The van der Waals surface area contributed by atoms with Gasteiger partial charge in [0, 0.05) is 13.1 Å². The SMILES string of the molecule is C[C@@H]1CN(S(=O)(=O)c2ccc(OC(F)F)c(Cl)c2)C[C@@H](c2ccccc2)O1. The second-order valence-electron chi connectivity index (χ2n) is 6.14. The first-order valence-electron chi connectivity index (χ1n) is 8.22. The molecule has 0 saturated carbocycles. The van der Waals surface area contributed by atoms with Gasteiger partial charge in [-0.1, -0.05) is 41.9 Å². The van der Waals surface area contributed by atoms with Crippen LogP contribution in [0, 0.1) is 0 Å². The lowest BCUT2D eigenvalue weighted by molar-refractivity contribution is -0.0557. The van der Waals surface area contributed by atoms with Crippen molar-refractivity contribution in [1.29, 1.82) is 0 Å². The molecule has 1 fully saturated rings. The molecule has 2 atom stereocenters. The van der Waals surface area contributed by atoms with Gasteiger partial charge in [0.15, 0.2) is 0 Å². The van der Waals surface area contributed by atoms with Crippen LogP contribution in [0.5, 0.6) is 5.75 Å². The number of ether oxygens (including phenoxy) is 2. The first-order chi connectivity index (χ1) is 12.8. The molecule has 0 amide bonds. The monoisotopic (exact) mass is 417 g/mol. The summed E-state index contributed by atoms with van der Waals surface area (Å²) in [6.45, 7) is -0.927. The van der Waals surface area contributed by atoms with Crippen LogP contribution in [0.3, 0.4) is 0 Å². The Labute approximate surface area is 161 Å². The van der Waals surface area contributed by atoms with Crippen molar-refractivity contribution in [3.05, 3.63) is 59.1 Å². The third-order valence-electron chi connectivity index (χ3n) is 4.16. The Morgan fingerprint density at radius 1 is 1.19 bits per heavy atom. The van der Waals surface area contributed by atoms with Crippen LogP contribution in [0.25, 0.3) is 0 Å². The van der Waals surface area contributed by atoms with Gasteiger partial charge in [-0.3, -0.25) is 0 Å². The normalized spacial score (nSPS) is 21.4. The quantitative estimate of drug-likeness (QED) is 0.735. The summed E-state index contributed by atoms with van der Waals surface area (Å²) >= 11 is 5.91. The fourth-order valence-corrected chi connectivity index (χ4v) is 4.78.